The second-order valence-electron chi connectivity index (χ2n) is 26.9. The van der Waals surface area contributed by atoms with Gasteiger partial charge in [0.2, 0.25) is 0 Å². The lowest BCUT2D eigenvalue weighted by Gasteiger charge is -2.59. The molecule has 1 amide bonds. The number of hydrogen-bond donors (Lipinski definition) is 8. The lowest BCUT2D eigenvalue weighted by Crippen LogP contribution is -2.63. The van der Waals surface area contributed by atoms with Crippen LogP contribution < -0.4 is 5.32 Å². The van der Waals surface area contributed by atoms with Crippen LogP contribution in [0.15, 0.2) is 23.8 Å². The van der Waals surface area contributed by atoms with E-state index in [2.05, 4.69) is 12.2 Å². The molecule has 19 nitrogen and oxygen atoms in total. The molecule has 6 fully saturated rings. The minimum Gasteiger partial charge on any atom is -0.459 e. The van der Waals surface area contributed by atoms with Gasteiger partial charge in [-0.1, -0.05) is 46.3 Å². The number of aliphatic hydroxyl groups excluding tert-OH is 4. The zero-order chi connectivity index (χ0) is 58.7. The second-order valence-corrected chi connectivity index (χ2v) is 26.9. The Labute approximate surface area is 470 Å². The number of allylic oxidation sites excluding steroid dienone is 4. The van der Waals surface area contributed by atoms with Crippen molar-refractivity contribution in [2.45, 2.75) is 249 Å². The third-order valence-electron chi connectivity index (χ3n) is 21.0. The van der Waals surface area contributed by atoms with Crippen LogP contribution >= 0.6 is 0 Å². The van der Waals surface area contributed by atoms with Crippen molar-refractivity contribution < 1.29 is 78.6 Å². The van der Waals surface area contributed by atoms with Crippen molar-refractivity contribution in [2.24, 2.45) is 46.3 Å². The maximum atomic E-state index is 14.7. The number of carbonyl (C=O) groups is 3. The summed E-state index contributed by atoms with van der Waals surface area (Å²) in [4.78, 5) is 45.4. The number of hydrogen-bond acceptors (Lipinski definition) is 18. The number of nitrogens with zero attached hydrogens (tertiary/aromatic N) is 2. The molecular weight excluding hydrogens is 1020 g/mol. The summed E-state index contributed by atoms with van der Waals surface area (Å²) in [5, 5.41) is 88.2. The maximum Gasteiger partial charge on any atom is 0.311 e. The number of rotatable bonds is 12. The van der Waals surface area contributed by atoms with E-state index in [0.717, 1.165) is 12.0 Å². The second kappa shape index (κ2) is 24.3. The van der Waals surface area contributed by atoms with Gasteiger partial charge in [-0.05, 0) is 150 Å². The van der Waals surface area contributed by atoms with Gasteiger partial charge in [0.15, 0.2) is 18.4 Å². The van der Waals surface area contributed by atoms with Gasteiger partial charge in [0.25, 0.3) is 5.91 Å². The fourth-order valence-corrected chi connectivity index (χ4v) is 16.2. The molecule has 0 aromatic rings. The number of ketones is 1. The van der Waals surface area contributed by atoms with E-state index in [1.165, 1.54) is 14.0 Å². The van der Waals surface area contributed by atoms with Crippen LogP contribution in [0.5, 0.6) is 0 Å². The van der Waals surface area contributed by atoms with E-state index in [4.69, 9.17) is 28.4 Å². The van der Waals surface area contributed by atoms with Crippen molar-refractivity contribution in [1.29, 1.82) is 0 Å². The number of aliphatic hydroxyl groups is 7. The van der Waals surface area contributed by atoms with Crippen LogP contribution in [0.25, 0.3) is 0 Å². The van der Waals surface area contributed by atoms with Crippen LogP contribution in [0.2, 0.25) is 0 Å². The number of nitrogens with one attached hydrogen (secondary N) is 1. The lowest BCUT2D eigenvalue weighted by molar-refractivity contribution is -0.318. The number of fused-ring (bicyclic) bond motifs is 5. The van der Waals surface area contributed by atoms with Gasteiger partial charge in [-0.25, -0.2) is 0 Å². The maximum absolute atomic E-state index is 14.7. The molecule has 452 valence electrons. The van der Waals surface area contributed by atoms with Crippen LogP contribution in [0.3, 0.4) is 0 Å². The van der Waals surface area contributed by atoms with E-state index in [0.29, 0.717) is 32.2 Å². The average molecular weight is 1120 g/mol. The zero-order valence-electron chi connectivity index (χ0n) is 50.1. The first-order valence-corrected chi connectivity index (χ1v) is 29.6. The largest absolute Gasteiger partial charge is 0.459 e. The first-order valence-electron chi connectivity index (χ1n) is 29.6. The van der Waals surface area contributed by atoms with Crippen LogP contribution in [0, 0.1) is 46.3 Å². The minimum atomic E-state index is -1.98. The van der Waals surface area contributed by atoms with Gasteiger partial charge in [-0.2, -0.15) is 0 Å². The molecule has 19 heteroatoms. The highest BCUT2D eigenvalue weighted by atomic mass is 16.7. The van der Waals surface area contributed by atoms with E-state index in [1.54, 1.807) is 60.6 Å². The molecule has 3 heterocycles. The number of methoxy groups -OCH3 is 1. The highest BCUT2D eigenvalue weighted by Gasteiger charge is 2.68. The molecule has 0 spiro atoms. The molecule has 0 aromatic carbocycles. The third-order valence-corrected chi connectivity index (χ3v) is 21.0. The third kappa shape index (κ3) is 12.3. The quantitative estimate of drug-likeness (QED) is 0.102. The van der Waals surface area contributed by atoms with Gasteiger partial charge in [0.1, 0.15) is 35.6 Å². The molecule has 0 radical (unpaired) electrons. The Morgan fingerprint density at radius 2 is 1.59 bits per heavy atom. The number of carbonyl (C=O) groups excluding carboxylic acids is 3. The normalized spacial score (nSPS) is 49.4. The standard InChI is InChI=1S/C60H101N3O16/c1-16-44-59(12,72)49(67)36(6)63(25-17-24-61-54(70)60(73)23-21-41-40-19-18-38-27-39(64)20-22-55(38,8)46(40)43(65)29-56(41,60)9)31-32(2)28-57(10,71)51(79-53-47(66)42(62(13)14)26-33(3)75-53)34(4)48(35(5)52(69)77-44)78-45-30-58(11,74-15)50(68)37(7)76-45/h20,22,27,32-37,40-51,53,65-68,71-73H,16-19,21,23-26,28-31H2,1-15H3,(H,61,70)/t32-,33?,34+,35-,36-,37?,40?,41?,42-,43+,44-,45?,46?,47-,48+,49-,50-,51?,53?,55+,56+,57-,58+,59-,60+/m1/s1. The lowest BCUT2D eigenvalue weighted by atomic mass is 9.46. The van der Waals surface area contributed by atoms with Gasteiger partial charge < -0.3 is 74.4 Å². The zero-order valence-corrected chi connectivity index (χ0v) is 50.1. The summed E-state index contributed by atoms with van der Waals surface area (Å²) in [6.45, 7) is 22.2. The van der Waals surface area contributed by atoms with E-state index < -0.39 is 124 Å². The Morgan fingerprint density at radius 3 is 2.24 bits per heavy atom. The van der Waals surface area contributed by atoms with Crippen LogP contribution in [0.1, 0.15) is 147 Å². The molecule has 4 aliphatic carbocycles. The Balaban J connectivity index is 1.15. The SMILES string of the molecule is CC[C@H]1OC(=O)[C@H](C)[C@@H](OC2C[C@](C)(OC)[C@H](O)C(C)O2)[C@H](C)C(OC2OC(C)C[C@@H](N(C)C)[C@H]2O)[C@](C)(O)C[C@@H](C)CN(CCCNC(=O)[C@@]2(O)CCC3C4CCC5=CC(=O)C=C[C@]5(C)C4[C@@H](O)C[C@@]32C)[C@H](C)[C@@H](O)[C@]1(C)O. The highest BCUT2D eigenvalue weighted by Crippen LogP contribution is 2.67. The van der Waals surface area contributed by atoms with E-state index in [1.807, 2.05) is 50.7 Å². The predicted octanol–water partition coefficient (Wildman–Crippen LogP) is 3.79. The number of cyclic esters (lactones) is 1. The van der Waals surface area contributed by atoms with Crippen molar-refractivity contribution >= 4 is 17.7 Å². The Hall–Kier alpha value is -2.47. The van der Waals surface area contributed by atoms with Crippen molar-refractivity contribution in [3.63, 3.8) is 0 Å². The van der Waals surface area contributed by atoms with Gasteiger partial charge in [0, 0.05) is 67.9 Å². The summed E-state index contributed by atoms with van der Waals surface area (Å²) >= 11 is 0. The molecule has 79 heavy (non-hydrogen) atoms. The van der Waals surface area contributed by atoms with E-state index in [-0.39, 0.29) is 86.8 Å². The Kier molecular flexibility index (Phi) is 19.7. The number of likely N-dealkylation sites (N-methyl/N-ethyl adjacent to an activating group) is 1. The molecule has 8 N–H and O–H groups in total. The number of ether oxygens (including phenoxy) is 6. The molecule has 7 aliphatic rings. The molecule has 25 atom stereocenters. The summed E-state index contributed by atoms with van der Waals surface area (Å²) in [6.07, 6.45) is -2.12. The minimum absolute atomic E-state index is 0.0217. The molecule has 7 rings (SSSR count). The Bertz CT molecular complexity index is 2210. The fourth-order valence-electron chi connectivity index (χ4n) is 16.2. The molecule has 3 saturated heterocycles. The Morgan fingerprint density at radius 1 is 0.911 bits per heavy atom. The highest BCUT2D eigenvalue weighted by molar-refractivity contribution is 6.01. The monoisotopic (exact) mass is 1120 g/mol. The van der Waals surface area contributed by atoms with Crippen LogP contribution in [-0.4, -0.2) is 206 Å². The number of amides is 1. The van der Waals surface area contributed by atoms with Crippen molar-refractivity contribution in [1.82, 2.24) is 15.1 Å². The van der Waals surface area contributed by atoms with Gasteiger partial charge in [-0.15, -0.1) is 0 Å². The van der Waals surface area contributed by atoms with Crippen LogP contribution in [0.4, 0.5) is 0 Å². The van der Waals surface area contributed by atoms with E-state index >= 15 is 0 Å². The first-order chi connectivity index (χ1) is 36.7. The van der Waals surface area contributed by atoms with Crippen molar-refractivity contribution in [2.75, 3.05) is 40.8 Å². The summed E-state index contributed by atoms with van der Waals surface area (Å²) in [5.74, 6) is -3.70. The molecular formula is C60H101N3O16. The van der Waals surface area contributed by atoms with Gasteiger partial charge in [0.05, 0.1) is 47.6 Å². The molecule has 3 saturated carbocycles. The van der Waals surface area contributed by atoms with E-state index in [9.17, 15) is 50.1 Å². The summed E-state index contributed by atoms with van der Waals surface area (Å²) in [7, 11) is 5.23. The average Bonchev–Trinajstić information content (AvgIpc) is 3.96. The summed E-state index contributed by atoms with van der Waals surface area (Å²) in [5.41, 5.74) is -6.87. The molecule has 0 bridgehead atoms. The van der Waals surface area contributed by atoms with Crippen LogP contribution in [-0.2, 0) is 42.8 Å². The molecule has 0 aromatic heterocycles. The number of esters is 1. The van der Waals surface area contributed by atoms with Gasteiger partial charge >= 0.3 is 5.97 Å². The topological polar surface area (TPSA) is 267 Å². The summed E-state index contributed by atoms with van der Waals surface area (Å²) in [6, 6.07) is -1.11. The predicted molar refractivity (Wildman–Crippen MR) is 294 cm³/mol. The van der Waals surface area contributed by atoms with Crippen molar-refractivity contribution in [3.05, 3.63) is 23.8 Å². The van der Waals surface area contributed by atoms with Crippen molar-refractivity contribution in [3.8, 4) is 0 Å². The molecule has 8 unspecified atom stereocenters. The fraction of sp³-hybridized carbons (Fsp3) is 0.883. The first kappa shape index (κ1) is 64.1. The molecule has 3 aliphatic heterocycles. The van der Waals surface area contributed by atoms with Gasteiger partial charge in [-0.3, -0.25) is 19.3 Å². The smallest absolute Gasteiger partial charge is 0.311 e. The summed E-state index contributed by atoms with van der Waals surface area (Å²) < 4.78 is 38.3.